The van der Waals surface area contributed by atoms with E-state index in [4.69, 9.17) is 9.47 Å². The minimum absolute atomic E-state index is 0.0469. The molecular formula is C21H23N3O4S. The number of methoxy groups -OCH3 is 2. The number of benzene rings is 1. The summed E-state index contributed by atoms with van der Waals surface area (Å²) in [5.41, 5.74) is 2.37. The summed E-state index contributed by atoms with van der Waals surface area (Å²) < 4.78 is 11.1. The topological polar surface area (TPSA) is 93.3 Å². The molecule has 4 rings (SSSR count). The molecule has 0 amide bonds. The maximum Gasteiger partial charge on any atom is 0.257 e. The van der Waals surface area contributed by atoms with Crippen molar-refractivity contribution in [1.29, 1.82) is 0 Å². The molecule has 0 saturated heterocycles. The Kier molecular flexibility index (Phi) is 5.36. The van der Waals surface area contributed by atoms with Crippen LogP contribution in [-0.4, -0.2) is 35.7 Å². The Morgan fingerprint density at radius 2 is 2.03 bits per heavy atom. The van der Waals surface area contributed by atoms with Gasteiger partial charge in [-0.05, 0) is 24.7 Å². The molecule has 1 aromatic carbocycles. The van der Waals surface area contributed by atoms with Crippen molar-refractivity contribution >= 4 is 23.4 Å². The van der Waals surface area contributed by atoms with E-state index in [1.165, 1.54) is 11.8 Å². The number of nitrogens with one attached hydrogen (secondary N) is 2. The molecule has 0 bridgehead atoms. The normalized spacial score (nSPS) is 18.0. The summed E-state index contributed by atoms with van der Waals surface area (Å²) in [5, 5.41) is 3.84. The monoisotopic (exact) mass is 413 g/mol. The minimum Gasteiger partial charge on any atom is -0.493 e. The van der Waals surface area contributed by atoms with E-state index in [1.807, 2.05) is 19.1 Å². The number of fused-ring (bicyclic) bond motifs is 1. The number of thioether (sulfide) groups is 1. The van der Waals surface area contributed by atoms with Gasteiger partial charge >= 0.3 is 0 Å². The summed E-state index contributed by atoms with van der Waals surface area (Å²) in [7, 11) is 3.13. The summed E-state index contributed by atoms with van der Waals surface area (Å²) >= 11 is 1.47. The summed E-state index contributed by atoms with van der Waals surface area (Å²) in [6.45, 7) is 2.00. The molecule has 29 heavy (non-hydrogen) atoms. The molecule has 2 aromatic rings. The molecular weight excluding hydrogens is 390 g/mol. The number of H-pyrrole nitrogens is 1. The number of aromatic nitrogens is 2. The highest BCUT2D eigenvalue weighted by Crippen LogP contribution is 2.47. The molecule has 152 valence electrons. The fraction of sp³-hybridized carbons (Fsp3) is 0.381. The van der Waals surface area contributed by atoms with Crippen molar-refractivity contribution < 1.29 is 14.3 Å². The summed E-state index contributed by atoms with van der Waals surface area (Å²) in [4.78, 5) is 33.6. The molecule has 0 fully saturated rings. The number of aromatic amines is 1. The maximum absolute atomic E-state index is 13.1. The van der Waals surface area contributed by atoms with Crippen LogP contribution >= 0.6 is 11.8 Å². The van der Waals surface area contributed by atoms with E-state index in [2.05, 4.69) is 15.3 Å². The number of carbonyl (C=O) groups is 1. The highest BCUT2D eigenvalue weighted by molar-refractivity contribution is 7.99. The molecule has 1 aliphatic heterocycles. The lowest BCUT2D eigenvalue weighted by Crippen LogP contribution is -2.33. The molecule has 1 aromatic heterocycles. The predicted molar refractivity (Wildman–Crippen MR) is 112 cm³/mol. The number of hydrogen-bond acceptors (Lipinski definition) is 7. The van der Waals surface area contributed by atoms with Crippen LogP contribution in [0.2, 0.25) is 0 Å². The summed E-state index contributed by atoms with van der Waals surface area (Å²) in [6, 6.07) is 5.52. The van der Waals surface area contributed by atoms with Gasteiger partial charge in [0.15, 0.2) is 22.4 Å². The van der Waals surface area contributed by atoms with Crippen LogP contribution in [0.5, 0.6) is 11.5 Å². The van der Waals surface area contributed by atoms with E-state index in [0.29, 0.717) is 40.0 Å². The SMILES string of the molecule is CCSc1nc2c(c(=O)[nH]1)C(c1cccc(OC)c1OC)C1=C(CCCC1=O)N2. The molecule has 0 radical (unpaired) electrons. The first-order chi connectivity index (χ1) is 14.1. The third-order valence-corrected chi connectivity index (χ3v) is 6.02. The number of para-hydroxylation sites is 1. The number of ether oxygens (including phenoxy) is 2. The Labute approximate surface area is 172 Å². The lowest BCUT2D eigenvalue weighted by Gasteiger charge is -2.33. The summed E-state index contributed by atoms with van der Waals surface area (Å²) in [5.74, 6) is 1.86. The molecule has 1 atom stereocenters. The van der Waals surface area contributed by atoms with Crippen LogP contribution in [-0.2, 0) is 4.79 Å². The first kappa shape index (κ1) is 19.6. The molecule has 8 heteroatoms. The predicted octanol–water partition coefficient (Wildman–Crippen LogP) is 3.46. The van der Waals surface area contributed by atoms with Gasteiger partial charge in [-0.2, -0.15) is 0 Å². The number of anilines is 1. The zero-order valence-corrected chi connectivity index (χ0v) is 17.4. The van der Waals surface area contributed by atoms with Gasteiger partial charge in [-0.3, -0.25) is 9.59 Å². The standard InChI is InChI=1S/C21H23N3O4S/c1-4-29-21-23-19-17(20(26)24-21)15(16-12(22-19)8-6-9-13(16)25)11-7-5-10-14(27-2)18(11)28-3/h5,7,10,15H,4,6,8-9H2,1-3H3,(H2,22,23,24,26). The van der Waals surface area contributed by atoms with Crippen molar-refractivity contribution in [3.8, 4) is 11.5 Å². The minimum atomic E-state index is -0.559. The quantitative estimate of drug-likeness (QED) is 0.573. The second kappa shape index (κ2) is 7.94. The van der Waals surface area contributed by atoms with E-state index < -0.39 is 5.92 Å². The van der Waals surface area contributed by atoms with E-state index in [9.17, 15) is 9.59 Å². The van der Waals surface area contributed by atoms with Gasteiger partial charge in [0.05, 0.1) is 25.7 Å². The van der Waals surface area contributed by atoms with Crippen LogP contribution < -0.4 is 20.3 Å². The van der Waals surface area contributed by atoms with Crippen molar-refractivity contribution in [1.82, 2.24) is 9.97 Å². The Morgan fingerprint density at radius 3 is 2.76 bits per heavy atom. The highest BCUT2D eigenvalue weighted by atomic mass is 32.2. The second-order valence-electron chi connectivity index (χ2n) is 6.88. The molecule has 2 heterocycles. The summed E-state index contributed by atoms with van der Waals surface area (Å²) in [6.07, 6.45) is 1.99. The number of nitrogens with zero attached hydrogens (tertiary/aromatic N) is 1. The van der Waals surface area contributed by atoms with Crippen LogP contribution in [0.25, 0.3) is 0 Å². The average Bonchev–Trinajstić information content (AvgIpc) is 2.72. The lowest BCUT2D eigenvalue weighted by molar-refractivity contribution is -0.116. The van der Waals surface area contributed by atoms with Crippen LogP contribution in [0.4, 0.5) is 5.82 Å². The van der Waals surface area contributed by atoms with Crippen molar-refractivity contribution in [3.63, 3.8) is 0 Å². The van der Waals surface area contributed by atoms with E-state index in [1.54, 1.807) is 20.3 Å². The zero-order valence-electron chi connectivity index (χ0n) is 16.6. The molecule has 7 nitrogen and oxygen atoms in total. The zero-order chi connectivity index (χ0) is 20.5. The van der Waals surface area contributed by atoms with Crippen molar-refractivity contribution in [2.24, 2.45) is 0 Å². The van der Waals surface area contributed by atoms with Crippen LogP contribution in [0.15, 0.2) is 39.4 Å². The lowest BCUT2D eigenvalue weighted by atomic mass is 9.76. The van der Waals surface area contributed by atoms with Gasteiger partial charge < -0.3 is 19.8 Å². The van der Waals surface area contributed by atoms with Crippen molar-refractivity contribution in [2.75, 3.05) is 25.3 Å². The van der Waals surface area contributed by atoms with E-state index in [0.717, 1.165) is 29.9 Å². The first-order valence-corrected chi connectivity index (χ1v) is 10.6. The van der Waals surface area contributed by atoms with Gasteiger partial charge in [0.25, 0.3) is 5.56 Å². The van der Waals surface area contributed by atoms with Crippen molar-refractivity contribution in [3.05, 3.63) is 50.9 Å². The van der Waals surface area contributed by atoms with E-state index in [-0.39, 0.29) is 11.3 Å². The number of rotatable bonds is 5. The first-order valence-electron chi connectivity index (χ1n) is 9.60. The van der Waals surface area contributed by atoms with Crippen LogP contribution in [0, 0.1) is 0 Å². The number of hydrogen-bond donors (Lipinski definition) is 2. The fourth-order valence-electron chi connectivity index (χ4n) is 4.10. The Bertz CT molecular complexity index is 1060. The smallest absolute Gasteiger partial charge is 0.257 e. The fourth-order valence-corrected chi connectivity index (χ4v) is 4.69. The van der Waals surface area contributed by atoms with Gasteiger partial charge in [0.2, 0.25) is 0 Å². The van der Waals surface area contributed by atoms with Gasteiger partial charge in [-0.1, -0.05) is 30.8 Å². The van der Waals surface area contributed by atoms with Gasteiger partial charge in [-0.25, -0.2) is 4.98 Å². The molecule has 0 saturated carbocycles. The van der Waals surface area contributed by atoms with Gasteiger partial charge in [-0.15, -0.1) is 0 Å². The number of allylic oxidation sites excluding steroid dienone is 2. The third kappa shape index (κ3) is 3.31. The Balaban J connectivity index is 2.00. The van der Waals surface area contributed by atoms with Crippen molar-refractivity contribution in [2.45, 2.75) is 37.3 Å². The maximum atomic E-state index is 13.1. The number of Topliss-reactive ketones (excluding diaryl/α,β-unsaturated/α-hetero) is 1. The molecule has 1 aliphatic carbocycles. The average molecular weight is 413 g/mol. The Hall–Kier alpha value is -2.74. The van der Waals surface area contributed by atoms with Gasteiger partial charge in [0, 0.05) is 23.3 Å². The molecule has 0 spiro atoms. The number of carbonyl (C=O) groups excluding carboxylic acids is 1. The van der Waals surface area contributed by atoms with E-state index >= 15 is 0 Å². The molecule has 1 unspecified atom stereocenters. The molecule has 2 aliphatic rings. The second-order valence-corrected chi connectivity index (χ2v) is 8.13. The molecule has 2 N–H and O–H groups in total. The van der Waals surface area contributed by atoms with Gasteiger partial charge in [0.1, 0.15) is 5.82 Å². The van der Waals surface area contributed by atoms with Crippen LogP contribution in [0.1, 0.15) is 43.2 Å². The Morgan fingerprint density at radius 1 is 1.21 bits per heavy atom. The largest absolute Gasteiger partial charge is 0.493 e. The number of ketones is 1. The van der Waals surface area contributed by atoms with Crippen LogP contribution in [0.3, 0.4) is 0 Å². The highest BCUT2D eigenvalue weighted by Gasteiger charge is 2.39. The third-order valence-electron chi connectivity index (χ3n) is 5.26.